The number of ether oxygens (including phenoxy) is 1. The number of rotatable bonds is 1. The molecule has 2 aromatic rings. The maximum atomic E-state index is 12.4. The van der Waals surface area contributed by atoms with Crippen molar-refractivity contribution in [2.24, 2.45) is 0 Å². The smallest absolute Gasteiger partial charge is 0.419 e. The third-order valence-electron chi connectivity index (χ3n) is 2.85. The fourth-order valence-corrected chi connectivity index (χ4v) is 2.78. The van der Waals surface area contributed by atoms with E-state index >= 15 is 0 Å². The molecule has 0 N–H and O–H groups in total. The molecule has 2 rings (SSSR count). The molecular formula is C16H17BrClNO2. The summed E-state index contributed by atoms with van der Waals surface area (Å²) >= 11 is 9.71. The highest BCUT2D eigenvalue weighted by molar-refractivity contribution is 9.10. The Hall–Kier alpha value is -1.26. The van der Waals surface area contributed by atoms with Gasteiger partial charge in [-0.3, -0.25) is 4.57 Å². The molecule has 0 saturated carbocycles. The lowest BCUT2D eigenvalue weighted by Gasteiger charge is -2.21. The fraction of sp³-hybridized carbons (Fsp3) is 0.312. The van der Waals surface area contributed by atoms with Crippen molar-refractivity contribution in [3.05, 3.63) is 45.5 Å². The molecule has 0 aliphatic rings. The van der Waals surface area contributed by atoms with Gasteiger partial charge in [-0.2, -0.15) is 0 Å². The zero-order valence-corrected chi connectivity index (χ0v) is 14.7. The topological polar surface area (TPSA) is 31.2 Å². The van der Waals surface area contributed by atoms with Gasteiger partial charge in [0.25, 0.3) is 0 Å². The lowest BCUT2D eigenvalue weighted by Crippen LogP contribution is -2.27. The van der Waals surface area contributed by atoms with Crippen LogP contribution in [-0.2, 0) is 4.74 Å². The van der Waals surface area contributed by atoms with E-state index < -0.39 is 11.7 Å². The number of carbonyl (C=O) groups is 1. The molecule has 0 spiro atoms. The number of halogens is 2. The Balaban J connectivity index is 2.54. The van der Waals surface area contributed by atoms with E-state index in [0.717, 1.165) is 15.6 Å². The summed E-state index contributed by atoms with van der Waals surface area (Å²) in [5, 5.41) is 0.602. The Kier molecular flexibility index (Phi) is 4.49. The molecule has 0 aliphatic carbocycles. The van der Waals surface area contributed by atoms with E-state index in [1.54, 1.807) is 6.20 Å². The summed E-state index contributed by atoms with van der Waals surface area (Å²) in [6, 6.07) is 7.51. The standard InChI is InChI=1S/C16H17BrClNO2/c1-10-6-5-7-12(18)14(10)13-8-11(17)9-19(13)15(20)21-16(2,3)4/h5-9H,1-4H3. The SMILES string of the molecule is Cc1cccc(Cl)c1-c1cc(Br)cn1C(=O)OC(C)(C)C. The Morgan fingerprint density at radius 1 is 1.33 bits per heavy atom. The molecule has 0 saturated heterocycles. The number of nitrogens with zero attached hydrogens (tertiary/aromatic N) is 1. The average Bonchev–Trinajstić information content (AvgIpc) is 2.69. The van der Waals surface area contributed by atoms with E-state index in [1.807, 2.05) is 52.0 Å². The van der Waals surface area contributed by atoms with E-state index in [9.17, 15) is 4.79 Å². The van der Waals surface area contributed by atoms with Gasteiger partial charge in [0.2, 0.25) is 0 Å². The minimum absolute atomic E-state index is 0.428. The van der Waals surface area contributed by atoms with Crippen LogP contribution in [0.4, 0.5) is 4.79 Å². The van der Waals surface area contributed by atoms with Gasteiger partial charge >= 0.3 is 6.09 Å². The van der Waals surface area contributed by atoms with Gasteiger partial charge in [-0.15, -0.1) is 0 Å². The van der Waals surface area contributed by atoms with E-state index in [1.165, 1.54) is 4.57 Å². The molecular weight excluding hydrogens is 354 g/mol. The molecule has 112 valence electrons. The zero-order valence-electron chi connectivity index (χ0n) is 12.4. The average molecular weight is 371 g/mol. The molecule has 3 nitrogen and oxygen atoms in total. The third kappa shape index (κ3) is 3.69. The molecule has 0 unspecified atom stereocenters. The zero-order chi connectivity index (χ0) is 15.8. The Labute approximate surface area is 138 Å². The van der Waals surface area contributed by atoms with Crippen LogP contribution in [0.3, 0.4) is 0 Å². The Morgan fingerprint density at radius 2 is 2.00 bits per heavy atom. The van der Waals surface area contributed by atoms with Crippen molar-refractivity contribution >= 4 is 33.6 Å². The highest BCUT2D eigenvalue weighted by Crippen LogP contribution is 2.34. The second kappa shape index (κ2) is 5.85. The molecule has 0 atom stereocenters. The number of aryl methyl sites for hydroxylation is 1. The van der Waals surface area contributed by atoms with Gasteiger partial charge < -0.3 is 4.74 Å². The van der Waals surface area contributed by atoms with Crippen molar-refractivity contribution in [2.75, 3.05) is 0 Å². The number of hydrogen-bond donors (Lipinski definition) is 0. The maximum Gasteiger partial charge on any atom is 0.419 e. The van der Waals surface area contributed by atoms with Gasteiger partial charge in [0.15, 0.2) is 0 Å². The monoisotopic (exact) mass is 369 g/mol. The maximum absolute atomic E-state index is 12.4. The van der Waals surface area contributed by atoms with Crippen molar-refractivity contribution in [3.63, 3.8) is 0 Å². The van der Waals surface area contributed by atoms with Crippen LogP contribution in [0.5, 0.6) is 0 Å². The normalized spacial score (nSPS) is 11.5. The fourth-order valence-electron chi connectivity index (χ4n) is 2.04. The minimum Gasteiger partial charge on any atom is -0.443 e. The van der Waals surface area contributed by atoms with E-state index in [4.69, 9.17) is 16.3 Å². The summed E-state index contributed by atoms with van der Waals surface area (Å²) in [5.74, 6) is 0. The number of benzene rings is 1. The quantitative estimate of drug-likeness (QED) is 0.648. The first-order valence-electron chi connectivity index (χ1n) is 6.56. The van der Waals surface area contributed by atoms with Gasteiger partial charge in [-0.1, -0.05) is 23.7 Å². The molecule has 1 aromatic carbocycles. The van der Waals surface area contributed by atoms with Crippen molar-refractivity contribution < 1.29 is 9.53 Å². The molecule has 0 radical (unpaired) electrons. The first-order chi connectivity index (χ1) is 9.69. The lowest BCUT2D eigenvalue weighted by molar-refractivity contribution is 0.0540. The van der Waals surface area contributed by atoms with Gasteiger partial charge in [0.05, 0.1) is 10.7 Å². The van der Waals surface area contributed by atoms with Crippen molar-refractivity contribution in [3.8, 4) is 11.3 Å². The summed E-state index contributed by atoms with van der Waals surface area (Å²) in [5.41, 5.74) is 1.98. The van der Waals surface area contributed by atoms with Gasteiger partial charge in [-0.05, 0) is 61.3 Å². The summed E-state index contributed by atoms with van der Waals surface area (Å²) in [4.78, 5) is 12.4. The Morgan fingerprint density at radius 3 is 2.57 bits per heavy atom. The summed E-state index contributed by atoms with van der Waals surface area (Å²) in [6.07, 6.45) is 1.26. The van der Waals surface area contributed by atoms with Crippen LogP contribution in [0.1, 0.15) is 26.3 Å². The highest BCUT2D eigenvalue weighted by Gasteiger charge is 2.22. The summed E-state index contributed by atoms with van der Waals surface area (Å²) in [6.45, 7) is 7.47. The predicted octanol–water partition coefficient (Wildman–Crippen LogP) is 5.66. The summed E-state index contributed by atoms with van der Waals surface area (Å²) in [7, 11) is 0. The molecule has 5 heteroatoms. The minimum atomic E-state index is -0.555. The second-order valence-electron chi connectivity index (χ2n) is 5.83. The summed E-state index contributed by atoms with van der Waals surface area (Å²) < 4.78 is 7.71. The first-order valence-corrected chi connectivity index (χ1v) is 7.73. The van der Waals surface area contributed by atoms with Gasteiger partial charge in [0, 0.05) is 16.2 Å². The molecule has 1 heterocycles. The molecule has 0 bridgehead atoms. The van der Waals surface area contributed by atoms with Crippen LogP contribution < -0.4 is 0 Å². The van der Waals surface area contributed by atoms with E-state index in [2.05, 4.69) is 15.9 Å². The second-order valence-corrected chi connectivity index (χ2v) is 7.15. The predicted molar refractivity (Wildman–Crippen MR) is 88.9 cm³/mol. The number of carbonyl (C=O) groups excluding carboxylic acids is 1. The highest BCUT2D eigenvalue weighted by atomic mass is 79.9. The largest absolute Gasteiger partial charge is 0.443 e. The molecule has 1 aromatic heterocycles. The van der Waals surface area contributed by atoms with Crippen molar-refractivity contribution in [1.82, 2.24) is 4.57 Å². The van der Waals surface area contributed by atoms with E-state index in [-0.39, 0.29) is 0 Å². The van der Waals surface area contributed by atoms with E-state index in [0.29, 0.717) is 10.7 Å². The van der Waals surface area contributed by atoms with Crippen molar-refractivity contribution in [1.29, 1.82) is 0 Å². The number of hydrogen-bond acceptors (Lipinski definition) is 2. The van der Waals surface area contributed by atoms with Crippen LogP contribution in [0.2, 0.25) is 5.02 Å². The van der Waals surface area contributed by atoms with Crippen LogP contribution >= 0.6 is 27.5 Å². The first kappa shape index (κ1) is 16.1. The molecule has 0 fully saturated rings. The van der Waals surface area contributed by atoms with Gasteiger partial charge in [-0.25, -0.2) is 4.79 Å². The van der Waals surface area contributed by atoms with Crippen LogP contribution in [0, 0.1) is 6.92 Å². The van der Waals surface area contributed by atoms with Crippen LogP contribution in [-0.4, -0.2) is 16.3 Å². The van der Waals surface area contributed by atoms with Crippen LogP contribution in [0.25, 0.3) is 11.3 Å². The van der Waals surface area contributed by atoms with Crippen molar-refractivity contribution in [2.45, 2.75) is 33.3 Å². The molecule has 0 aliphatic heterocycles. The lowest BCUT2D eigenvalue weighted by atomic mass is 10.1. The molecule has 21 heavy (non-hydrogen) atoms. The van der Waals surface area contributed by atoms with Gasteiger partial charge in [0.1, 0.15) is 5.60 Å². The Bertz CT molecular complexity index is 666. The third-order valence-corrected chi connectivity index (χ3v) is 3.60. The molecule has 0 amide bonds. The number of aromatic nitrogens is 1. The van der Waals surface area contributed by atoms with Crippen LogP contribution in [0.15, 0.2) is 34.9 Å².